The Kier molecular flexibility index (Phi) is 5.43. The number of methoxy groups -OCH3 is 1. The Morgan fingerprint density at radius 1 is 0.960 bits per heavy atom. The molecule has 0 spiro atoms. The Hall–Kier alpha value is -2.87. The third-order valence-corrected chi connectivity index (χ3v) is 4.05. The summed E-state index contributed by atoms with van der Waals surface area (Å²) in [6, 6.07) is 11.1. The van der Waals surface area contributed by atoms with Crippen molar-refractivity contribution in [2.24, 2.45) is 0 Å². The van der Waals surface area contributed by atoms with Gasteiger partial charge in [0, 0.05) is 5.69 Å². The van der Waals surface area contributed by atoms with Crippen LogP contribution < -0.4 is 10.0 Å². The fourth-order valence-corrected chi connectivity index (χ4v) is 2.84. The van der Waals surface area contributed by atoms with Crippen molar-refractivity contribution in [3.05, 3.63) is 59.2 Å². The standard InChI is InChI=1S/C17H18N2O5S/c1-11-12(17(21)24-2)8-6-10-14(11)18-16(20)13-7-4-5-9-15(13)19-25(3,22)23/h4-10,19H,1-3H3,(H,18,20). The normalized spacial score (nSPS) is 10.8. The number of sulfonamides is 1. The van der Waals surface area contributed by atoms with Gasteiger partial charge >= 0.3 is 5.97 Å². The van der Waals surface area contributed by atoms with E-state index in [9.17, 15) is 18.0 Å². The van der Waals surface area contributed by atoms with E-state index in [0.717, 1.165) is 6.26 Å². The number of amides is 1. The molecule has 0 saturated carbocycles. The molecule has 0 fully saturated rings. The minimum Gasteiger partial charge on any atom is -0.465 e. The van der Waals surface area contributed by atoms with Crippen LogP contribution in [0.4, 0.5) is 11.4 Å². The number of carbonyl (C=O) groups is 2. The van der Waals surface area contributed by atoms with Gasteiger partial charge in [-0.05, 0) is 36.8 Å². The highest BCUT2D eigenvalue weighted by molar-refractivity contribution is 7.92. The molecule has 0 unspecified atom stereocenters. The molecule has 132 valence electrons. The lowest BCUT2D eigenvalue weighted by Gasteiger charge is -2.13. The number of hydrogen-bond donors (Lipinski definition) is 2. The molecule has 7 nitrogen and oxygen atoms in total. The van der Waals surface area contributed by atoms with Crippen molar-refractivity contribution in [3.63, 3.8) is 0 Å². The number of esters is 1. The minimum absolute atomic E-state index is 0.163. The summed E-state index contributed by atoms with van der Waals surface area (Å²) in [7, 11) is -2.25. The van der Waals surface area contributed by atoms with Gasteiger partial charge in [-0.3, -0.25) is 9.52 Å². The van der Waals surface area contributed by atoms with Crippen molar-refractivity contribution >= 4 is 33.3 Å². The van der Waals surface area contributed by atoms with Crippen molar-refractivity contribution in [2.45, 2.75) is 6.92 Å². The van der Waals surface area contributed by atoms with E-state index >= 15 is 0 Å². The molecule has 2 aromatic rings. The number of anilines is 2. The average Bonchev–Trinajstić information content (AvgIpc) is 2.55. The monoisotopic (exact) mass is 362 g/mol. The lowest BCUT2D eigenvalue weighted by atomic mass is 10.1. The summed E-state index contributed by atoms with van der Waals surface area (Å²) in [5.41, 5.74) is 1.65. The fraction of sp³-hybridized carbons (Fsp3) is 0.176. The molecule has 0 aliphatic carbocycles. The number of ether oxygens (including phenoxy) is 1. The molecule has 1 amide bonds. The zero-order chi connectivity index (χ0) is 18.6. The highest BCUT2D eigenvalue weighted by Gasteiger charge is 2.17. The maximum atomic E-state index is 12.6. The third kappa shape index (κ3) is 4.57. The number of rotatable bonds is 5. The number of nitrogens with one attached hydrogen (secondary N) is 2. The summed E-state index contributed by atoms with van der Waals surface area (Å²) in [6.45, 7) is 1.68. The van der Waals surface area contributed by atoms with E-state index in [0.29, 0.717) is 16.8 Å². The smallest absolute Gasteiger partial charge is 0.338 e. The van der Waals surface area contributed by atoms with Crippen molar-refractivity contribution in [2.75, 3.05) is 23.4 Å². The summed E-state index contributed by atoms with van der Waals surface area (Å²) in [4.78, 5) is 24.3. The first-order chi connectivity index (χ1) is 11.7. The van der Waals surface area contributed by atoms with E-state index in [1.807, 2.05) is 0 Å². The molecular weight excluding hydrogens is 344 g/mol. The first-order valence-electron chi connectivity index (χ1n) is 7.29. The van der Waals surface area contributed by atoms with Crippen LogP contribution in [0.2, 0.25) is 0 Å². The van der Waals surface area contributed by atoms with Crippen LogP contribution in [0.3, 0.4) is 0 Å². The average molecular weight is 362 g/mol. The predicted molar refractivity (Wildman–Crippen MR) is 95.4 cm³/mol. The largest absolute Gasteiger partial charge is 0.465 e. The SMILES string of the molecule is COC(=O)c1cccc(NC(=O)c2ccccc2NS(C)(=O)=O)c1C. The third-order valence-electron chi connectivity index (χ3n) is 3.45. The Labute approximate surface area is 146 Å². The molecule has 25 heavy (non-hydrogen) atoms. The predicted octanol–water partition coefficient (Wildman–Crippen LogP) is 2.41. The number of benzene rings is 2. The van der Waals surface area contributed by atoms with Crippen LogP contribution >= 0.6 is 0 Å². The number of hydrogen-bond acceptors (Lipinski definition) is 5. The second-order valence-corrected chi connectivity index (χ2v) is 7.09. The van der Waals surface area contributed by atoms with Crippen molar-refractivity contribution in [1.29, 1.82) is 0 Å². The number of carbonyl (C=O) groups excluding carboxylic acids is 2. The Balaban J connectivity index is 2.34. The molecule has 0 heterocycles. The second-order valence-electron chi connectivity index (χ2n) is 5.34. The highest BCUT2D eigenvalue weighted by Crippen LogP contribution is 2.22. The zero-order valence-electron chi connectivity index (χ0n) is 14.0. The molecule has 2 rings (SSSR count). The van der Waals surface area contributed by atoms with Crippen LogP contribution in [-0.2, 0) is 14.8 Å². The minimum atomic E-state index is -3.53. The molecule has 0 aromatic heterocycles. The van der Waals surface area contributed by atoms with Crippen LogP contribution in [-0.4, -0.2) is 33.7 Å². The second kappa shape index (κ2) is 7.35. The fourth-order valence-electron chi connectivity index (χ4n) is 2.26. The summed E-state index contributed by atoms with van der Waals surface area (Å²) < 4.78 is 29.9. The summed E-state index contributed by atoms with van der Waals surface area (Å²) in [6.07, 6.45) is 1.01. The quantitative estimate of drug-likeness (QED) is 0.795. The van der Waals surface area contributed by atoms with Gasteiger partial charge in [-0.1, -0.05) is 18.2 Å². The molecule has 0 bridgehead atoms. The van der Waals surface area contributed by atoms with E-state index in [4.69, 9.17) is 4.74 Å². The first kappa shape index (κ1) is 18.5. The van der Waals surface area contributed by atoms with Crippen molar-refractivity contribution in [3.8, 4) is 0 Å². The van der Waals surface area contributed by atoms with Crippen molar-refractivity contribution < 1.29 is 22.7 Å². The summed E-state index contributed by atoms with van der Waals surface area (Å²) in [5.74, 6) is -1.01. The van der Waals surface area contributed by atoms with Gasteiger partial charge < -0.3 is 10.1 Å². The maximum absolute atomic E-state index is 12.6. The highest BCUT2D eigenvalue weighted by atomic mass is 32.2. The maximum Gasteiger partial charge on any atom is 0.338 e. The van der Waals surface area contributed by atoms with Gasteiger partial charge in [0.25, 0.3) is 5.91 Å². The lowest BCUT2D eigenvalue weighted by Crippen LogP contribution is -2.18. The summed E-state index contributed by atoms with van der Waals surface area (Å²) >= 11 is 0. The van der Waals surface area contributed by atoms with Crippen LogP contribution in [0.5, 0.6) is 0 Å². The Morgan fingerprint density at radius 2 is 1.56 bits per heavy atom. The van der Waals surface area contributed by atoms with E-state index in [2.05, 4.69) is 10.0 Å². The molecule has 0 radical (unpaired) electrons. The Morgan fingerprint density at radius 3 is 2.20 bits per heavy atom. The topological polar surface area (TPSA) is 102 Å². The van der Waals surface area contributed by atoms with E-state index < -0.39 is 21.9 Å². The molecule has 0 atom stereocenters. The van der Waals surface area contributed by atoms with Crippen molar-refractivity contribution in [1.82, 2.24) is 0 Å². The van der Waals surface area contributed by atoms with E-state index in [1.54, 1.807) is 37.3 Å². The zero-order valence-corrected chi connectivity index (χ0v) is 14.8. The molecular formula is C17H18N2O5S. The van der Waals surface area contributed by atoms with Gasteiger partial charge in [0.15, 0.2) is 0 Å². The molecule has 0 saturated heterocycles. The molecule has 2 aromatic carbocycles. The summed E-state index contributed by atoms with van der Waals surface area (Å²) in [5, 5.41) is 2.69. The van der Waals surface area contributed by atoms with Gasteiger partial charge in [0.05, 0.1) is 30.2 Å². The molecule has 0 aliphatic heterocycles. The molecule has 8 heteroatoms. The van der Waals surface area contributed by atoms with E-state index in [1.165, 1.54) is 19.2 Å². The molecule has 0 aliphatic rings. The van der Waals surface area contributed by atoms with Gasteiger partial charge in [-0.15, -0.1) is 0 Å². The van der Waals surface area contributed by atoms with Gasteiger partial charge in [-0.25, -0.2) is 13.2 Å². The van der Waals surface area contributed by atoms with Crippen LogP contribution in [0.15, 0.2) is 42.5 Å². The van der Waals surface area contributed by atoms with Gasteiger partial charge in [0.2, 0.25) is 10.0 Å². The van der Waals surface area contributed by atoms with E-state index in [-0.39, 0.29) is 11.3 Å². The van der Waals surface area contributed by atoms with Gasteiger partial charge in [-0.2, -0.15) is 0 Å². The first-order valence-corrected chi connectivity index (χ1v) is 9.18. The van der Waals surface area contributed by atoms with Crippen LogP contribution in [0.1, 0.15) is 26.3 Å². The number of para-hydroxylation sites is 1. The lowest BCUT2D eigenvalue weighted by molar-refractivity contribution is 0.0599. The van der Waals surface area contributed by atoms with Crippen LogP contribution in [0, 0.1) is 6.92 Å². The Bertz CT molecular complexity index is 922. The van der Waals surface area contributed by atoms with Gasteiger partial charge in [0.1, 0.15) is 0 Å². The van der Waals surface area contributed by atoms with Crippen LogP contribution in [0.25, 0.3) is 0 Å². The molecule has 2 N–H and O–H groups in total.